The molecule has 2 unspecified atom stereocenters. The number of hydrogen-bond donors (Lipinski definition) is 0. The van der Waals surface area contributed by atoms with E-state index in [1.54, 1.807) is 6.07 Å². The van der Waals surface area contributed by atoms with Crippen LogP contribution in [0.2, 0.25) is 0 Å². The first-order chi connectivity index (χ1) is 5.61. The zero-order chi connectivity index (χ0) is 9.14. The molecule has 0 saturated heterocycles. The van der Waals surface area contributed by atoms with Crippen LogP contribution in [0.5, 0.6) is 0 Å². The van der Waals surface area contributed by atoms with Crippen molar-refractivity contribution in [1.29, 1.82) is 0 Å². The molecule has 1 aromatic rings. The third kappa shape index (κ3) is 2.18. The van der Waals surface area contributed by atoms with Gasteiger partial charge < -0.3 is 0 Å². The number of aromatic nitrogens is 1. The van der Waals surface area contributed by atoms with Gasteiger partial charge in [0, 0.05) is 17.0 Å². The highest BCUT2D eigenvalue weighted by molar-refractivity contribution is 6.20. The predicted molar refractivity (Wildman–Crippen MR) is 47.9 cm³/mol. The van der Waals surface area contributed by atoms with Crippen molar-refractivity contribution >= 4 is 11.6 Å². The Bertz CT molecular complexity index is 245. The predicted octanol–water partition coefficient (Wildman–Crippen LogP) is 2.95. The van der Waals surface area contributed by atoms with Gasteiger partial charge in [0.15, 0.2) is 0 Å². The topological polar surface area (TPSA) is 12.9 Å². The molecule has 0 aromatic carbocycles. The van der Waals surface area contributed by atoms with E-state index in [2.05, 4.69) is 4.98 Å². The monoisotopic (exact) mass is 187 g/mol. The van der Waals surface area contributed by atoms with Gasteiger partial charge in [0.05, 0.1) is 6.20 Å². The molecule has 1 aromatic heterocycles. The lowest BCUT2D eigenvalue weighted by Gasteiger charge is -2.12. The van der Waals surface area contributed by atoms with Gasteiger partial charge in [-0.25, -0.2) is 4.39 Å². The van der Waals surface area contributed by atoms with E-state index in [1.807, 2.05) is 13.8 Å². The molecule has 1 nitrogen and oxygen atoms in total. The van der Waals surface area contributed by atoms with Crippen molar-refractivity contribution in [1.82, 2.24) is 4.98 Å². The zero-order valence-electron chi connectivity index (χ0n) is 7.09. The molecule has 0 N–H and O–H groups in total. The first-order valence-corrected chi connectivity index (χ1v) is 4.30. The lowest BCUT2D eigenvalue weighted by atomic mass is 10.0. The number of hydrogen-bond acceptors (Lipinski definition) is 1. The second-order valence-electron chi connectivity index (χ2n) is 2.87. The molecular formula is C9H11ClFN. The smallest absolute Gasteiger partial charge is 0.141 e. The lowest BCUT2D eigenvalue weighted by molar-refractivity contribution is 0.614. The van der Waals surface area contributed by atoms with Gasteiger partial charge in [-0.2, -0.15) is 0 Å². The second kappa shape index (κ2) is 3.85. The summed E-state index contributed by atoms with van der Waals surface area (Å²) >= 11 is 5.87. The normalized spacial score (nSPS) is 15.7. The van der Waals surface area contributed by atoms with E-state index < -0.39 is 0 Å². The standard InChI is InChI=1S/C9H11ClFN/c1-6(7(2)10)9-4-3-8(11)5-12-9/h3-7H,1-2H3. The Morgan fingerprint density at radius 1 is 1.42 bits per heavy atom. The molecule has 1 heterocycles. The van der Waals surface area contributed by atoms with Crippen LogP contribution in [0.1, 0.15) is 25.5 Å². The van der Waals surface area contributed by atoms with Crippen LogP contribution in [0.15, 0.2) is 18.3 Å². The van der Waals surface area contributed by atoms with Crippen molar-refractivity contribution in [3.63, 3.8) is 0 Å². The number of alkyl halides is 1. The zero-order valence-corrected chi connectivity index (χ0v) is 7.85. The Hall–Kier alpha value is -0.630. The van der Waals surface area contributed by atoms with Gasteiger partial charge >= 0.3 is 0 Å². The molecule has 0 bridgehead atoms. The van der Waals surface area contributed by atoms with Crippen LogP contribution in [0.25, 0.3) is 0 Å². The molecule has 0 spiro atoms. The molecular weight excluding hydrogens is 177 g/mol. The minimum absolute atomic E-state index is 0.0166. The first-order valence-electron chi connectivity index (χ1n) is 3.87. The van der Waals surface area contributed by atoms with Crippen molar-refractivity contribution in [2.45, 2.75) is 25.1 Å². The quantitative estimate of drug-likeness (QED) is 0.649. The minimum atomic E-state index is -0.312. The van der Waals surface area contributed by atoms with Crippen LogP contribution in [0, 0.1) is 5.82 Å². The van der Waals surface area contributed by atoms with Crippen molar-refractivity contribution < 1.29 is 4.39 Å². The molecule has 0 aliphatic heterocycles. The van der Waals surface area contributed by atoms with Crippen LogP contribution < -0.4 is 0 Å². The van der Waals surface area contributed by atoms with Gasteiger partial charge in [-0.15, -0.1) is 11.6 Å². The Morgan fingerprint density at radius 2 is 2.08 bits per heavy atom. The number of halogens is 2. The van der Waals surface area contributed by atoms with Crippen LogP contribution in [-0.4, -0.2) is 10.4 Å². The van der Waals surface area contributed by atoms with E-state index in [1.165, 1.54) is 12.3 Å². The molecule has 0 fully saturated rings. The first kappa shape index (κ1) is 9.46. The van der Waals surface area contributed by atoms with E-state index in [9.17, 15) is 4.39 Å². The average molecular weight is 188 g/mol. The third-order valence-corrected chi connectivity index (χ3v) is 2.28. The highest BCUT2D eigenvalue weighted by Gasteiger charge is 2.12. The molecule has 12 heavy (non-hydrogen) atoms. The molecule has 0 amide bonds. The van der Waals surface area contributed by atoms with Gasteiger partial charge in [-0.3, -0.25) is 4.98 Å². The minimum Gasteiger partial charge on any atom is -0.258 e. The molecule has 66 valence electrons. The Kier molecular flexibility index (Phi) is 3.04. The molecule has 2 atom stereocenters. The summed E-state index contributed by atoms with van der Waals surface area (Å²) in [4.78, 5) is 3.94. The molecule has 1 rings (SSSR count). The van der Waals surface area contributed by atoms with E-state index in [0.29, 0.717) is 0 Å². The van der Waals surface area contributed by atoms with Crippen molar-refractivity contribution in [2.24, 2.45) is 0 Å². The average Bonchev–Trinajstić information content (AvgIpc) is 2.04. The van der Waals surface area contributed by atoms with Crippen LogP contribution in [0.4, 0.5) is 4.39 Å². The van der Waals surface area contributed by atoms with Crippen LogP contribution >= 0.6 is 11.6 Å². The van der Waals surface area contributed by atoms with E-state index in [-0.39, 0.29) is 17.1 Å². The Labute approximate surface area is 76.6 Å². The van der Waals surface area contributed by atoms with Gasteiger partial charge in [0.1, 0.15) is 5.82 Å². The van der Waals surface area contributed by atoms with Crippen LogP contribution in [-0.2, 0) is 0 Å². The maximum absolute atomic E-state index is 12.5. The van der Waals surface area contributed by atoms with E-state index >= 15 is 0 Å². The summed E-state index contributed by atoms with van der Waals surface area (Å²) in [5, 5.41) is 0.0166. The summed E-state index contributed by atoms with van der Waals surface area (Å²) in [5.41, 5.74) is 0.832. The summed E-state index contributed by atoms with van der Waals surface area (Å²) in [6.45, 7) is 3.87. The SMILES string of the molecule is CC(Cl)C(C)c1ccc(F)cn1. The highest BCUT2D eigenvalue weighted by Crippen LogP contribution is 2.20. The fraction of sp³-hybridized carbons (Fsp3) is 0.444. The van der Waals surface area contributed by atoms with Gasteiger partial charge in [0.2, 0.25) is 0 Å². The van der Waals surface area contributed by atoms with Gasteiger partial charge in [-0.05, 0) is 19.1 Å². The summed E-state index contributed by atoms with van der Waals surface area (Å²) in [7, 11) is 0. The Balaban J connectivity index is 2.82. The maximum Gasteiger partial charge on any atom is 0.141 e. The molecule has 3 heteroatoms. The van der Waals surface area contributed by atoms with Gasteiger partial charge in [-0.1, -0.05) is 6.92 Å². The maximum atomic E-state index is 12.5. The molecule has 0 aliphatic rings. The highest BCUT2D eigenvalue weighted by atomic mass is 35.5. The third-order valence-electron chi connectivity index (χ3n) is 1.91. The van der Waals surface area contributed by atoms with E-state index in [4.69, 9.17) is 11.6 Å². The molecule has 0 radical (unpaired) electrons. The second-order valence-corrected chi connectivity index (χ2v) is 3.56. The van der Waals surface area contributed by atoms with Crippen molar-refractivity contribution in [2.75, 3.05) is 0 Å². The summed E-state index contributed by atoms with van der Waals surface area (Å²) in [6.07, 6.45) is 1.21. The molecule has 0 aliphatic carbocycles. The van der Waals surface area contributed by atoms with Gasteiger partial charge in [0.25, 0.3) is 0 Å². The number of nitrogens with zero attached hydrogens (tertiary/aromatic N) is 1. The summed E-state index contributed by atoms with van der Waals surface area (Å²) in [5.74, 6) is -0.152. The summed E-state index contributed by atoms with van der Waals surface area (Å²) < 4.78 is 12.5. The number of pyridine rings is 1. The lowest BCUT2D eigenvalue weighted by Crippen LogP contribution is -2.06. The molecule has 0 saturated carbocycles. The van der Waals surface area contributed by atoms with Crippen LogP contribution in [0.3, 0.4) is 0 Å². The summed E-state index contributed by atoms with van der Waals surface area (Å²) in [6, 6.07) is 3.07. The van der Waals surface area contributed by atoms with Crippen molar-refractivity contribution in [3.8, 4) is 0 Å². The largest absolute Gasteiger partial charge is 0.258 e. The fourth-order valence-corrected chi connectivity index (χ4v) is 1.02. The Morgan fingerprint density at radius 3 is 2.50 bits per heavy atom. The van der Waals surface area contributed by atoms with E-state index in [0.717, 1.165) is 5.69 Å². The fourth-order valence-electron chi connectivity index (χ4n) is 0.892. The van der Waals surface area contributed by atoms with Crippen molar-refractivity contribution in [3.05, 3.63) is 29.8 Å². The number of rotatable bonds is 2.